The molecule has 0 radical (unpaired) electrons. The van der Waals surface area contributed by atoms with Gasteiger partial charge in [0.15, 0.2) is 0 Å². The standard InChI is InChI=1S/C19H31N5/c1-24-13-5-6-14(24)8-12-21-17-15-7-4-11-19(9-2-3-10-19)16(15)22-18(20)23-17/h14H,2-13H2,1H3,(H3,20,21,22,23). The molecule has 0 amide bonds. The summed E-state index contributed by atoms with van der Waals surface area (Å²) >= 11 is 0. The highest BCUT2D eigenvalue weighted by Gasteiger charge is 2.41. The van der Waals surface area contributed by atoms with Crippen molar-refractivity contribution in [2.75, 3.05) is 31.2 Å². The summed E-state index contributed by atoms with van der Waals surface area (Å²) in [5.74, 6) is 1.46. The van der Waals surface area contributed by atoms with E-state index < -0.39 is 0 Å². The number of hydrogen-bond donors (Lipinski definition) is 2. The van der Waals surface area contributed by atoms with Crippen LogP contribution < -0.4 is 11.1 Å². The molecule has 1 saturated carbocycles. The Morgan fingerprint density at radius 2 is 1.96 bits per heavy atom. The van der Waals surface area contributed by atoms with E-state index >= 15 is 0 Å². The van der Waals surface area contributed by atoms with Crippen molar-refractivity contribution in [2.45, 2.75) is 75.7 Å². The molecule has 2 fully saturated rings. The van der Waals surface area contributed by atoms with Crippen LogP contribution in [0.2, 0.25) is 0 Å². The largest absolute Gasteiger partial charge is 0.370 e. The fraction of sp³-hybridized carbons (Fsp3) is 0.789. The molecule has 0 bridgehead atoms. The summed E-state index contributed by atoms with van der Waals surface area (Å²) in [5.41, 5.74) is 9.01. The third-order valence-corrected chi connectivity index (χ3v) is 6.61. The van der Waals surface area contributed by atoms with Crippen LogP contribution in [-0.4, -0.2) is 41.0 Å². The quantitative estimate of drug-likeness (QED) is 0.888. The SMILES string of the molecule is CN1CCCC1CCNc1nc(N)nc2c1CCCC21CCCC1. The molecule has 1 saturated heterocycles. The zero-order chi connectivity index (χ0) is 16.6. The number of anilines is 2. The summed E-state index contributed by atoms with van der Waals surface area (Å²) in [7, 11) is 2.24. The Morgan fingerprint density at radius 3 is 2.71 bits per heavy atom. The zero-order valence-electron chi connectivity index (χ0n) is 15.0. The van der Waals surface area contributed by atoms with E-state index in [2.05, 4.69) is 22.2 Å². The second kappa shape index (κ2) is 6.51. The number of likely N-dealkylation sites (tertiary alicyclic amines) is 1. The van der Waals surface area contributed by atoms with Crippen LogP contribution >= 0.6 is 0 Å². The predicted octanol–water partition coefficient (Wildman–Crippen LogP) is 3.10. The van der Waals surface area contributed by atoms with Gasteiger partial charge in [-0.15, -0.1) is 0 Å². The van der Waals surface area contributed by atoms with Crippen LogP contribution in [0.1, 0.15) is 69.0 Å². The van der Waals surface area contributed by atoms with Gasteiger partial charge in [0.25, 0.3) is 0 Å². The lowest BCUT2D eigenvalue weighted by molar-refractivity contribution is 0.301. The van der Waals surface area contributed by atoms with Gasteiger partial charge in [0.2, 0.25) is 5.95 Å². The number of nitrogens with two attached hydrogens (primary N) is 1. The van der Waals surface area contributed by atoms with Crippen molar-refractivity contribution in [1.29, 1.82) is 0 Å². The highest BCUT2D eigenvalue weighted by atomic mass is 15.2. The maximum Gasteiger partial charge on any atom is 0.222 e. The van der Waals surface area contributed by atoms with Crippen molar-refractivity contribution in [3.63, 3.8) is 0 Å². The van der Waals surface area contributed by atoms with Crippen molar-refractivity contribution in [3.8, 4) is 0 Å². The second-order valence-electron chi connectivity index (χ2n) is 8.09. The topological polar surface area (TPSA) is 67.1 Å². The molecule has 24 heavy (non-hydrogen) atoms. The molecular weight excluding hydrogens is 298 g/mol. The third kappa shape index (κ3) is 2.87. The molecule has 4 rings (SSSR count). The minimum absolute atomic E-state index is 0.298. The van der Waals surface area contributed by atoms with E-state index in [-0.39, 0.29) is 0 Å². The number of nitrogens with zero attached hydrogens (tertiary/aromatic N) is 3. The van der Waals surface area contributed by atoms with Gasteiger partial charge in [-0.3, -0.25) is 0 Å². The molecule has 1 aromatic heterocycles. The number of aromatic nitrogens is 2. The van der Waals surface area contributed by atoms with E-state index in [1.807, 2.05) is 0 Å². The molecule has 1 aromatic rings. The summed E-state index contributed by atoms with van der Waals surface area (Å²) in [6, 6.07) is 0.716. The molecule has 5 heteroatoms. The number of hydrogen-bond acceptors (Lipinski definition) is 5. The molecule has 1 atom stereocenters. The number of rotatable bonds is 4. The Bertz CT molecular complexity index is 594. The lowest BCUT2D eigenvalue weighted by Crippen LogP contribution is -2.31. The van der Waals surface area contributed by atoms with Crippen LogP contribution in [-0.2, 0) is 11.8 Å². The lowest BCUT2D eigenvalue weighted by atomic mass is 9.72. The summed E-state index contributed by atoms with van der Waals surface area (Å²) < 4.78 is 0. The number of nitrogens with one attached hydrogen (secondary N) is 1. The Hall–Kier alpha value is -1.36. The monoisotopic (exact) mass is 329 g/mol. The van der Waals surface area contributed by atoms with E-state index in [1.54, 1.807) is 0 Å². The van der Waals surface area contributed by atoms with Crippen molar-refractivity contribution in [1.82, 2.24) is 14.9 Å². The molecule has 132 valence electrons. The van der Waals surface area contributed by atoms with Gasteiger partial charge >= 0.3 is 0 Å². The minimum Gasteiger partial charge on any atom is -0.370 e. The third-order valence-electron chi connectivity index (χ3n) is 6.61. The smallest absolute Gasteiger partial charge is 0.222 e. The molecule has 1 aliphatic heterocycles. The van der Waals surface area contributed by atoms with Gasteiger partial charge in [-0.05, 0) is 65.0 Å². The van der Waals surface area contributed by atoms with Crippen molar-refractivity contribution < 1.29 is 0 Å². The first kappa shape index (κ1) is 16.1. The second-order valence-corrected chi connectivity index (χ2v) is 8.09. The highest BCUT2D eigenvalue weighted by molar-refractivity contribution is 5.53. The van der Waals surface area contributed by atoms with E-state index in [0.717, 1.165) is 18.8 Å². The van der Waals surface area contributed by atoms with Gasteiger partial charge in [0.1, 0.15) is 5.82 Å². The molecule has 1 unspecified atom stereocenters. The average Bonchev–Trinajstić information content (AvgIpc) is 3.19. The van der Waals surface area contributed by atoms with Crippen LogP contribution in [0, 0.1) is 0 Å². The first-order valence-corrected chi connectivity index (χ1v) is 9.79. The molecule has 1 spiro atoms. The lowest BCUT2D eigenvalue weighted by Gasteiger charge is -2.35. The normalized spacial score (nSPS) is 26.0. The average molecular weight is 329 g/mol. The van der Waals surface area contributed by atoms with Crippen molar-refractivity contribution in [2.24, 2.45) is 0 Å². The van der Waals surface area contributed by atoms with E-state index in [1.165, 1.54) is 75.6 Å². The molecule has 5 nitrogen and oxygen atoms in total. The summed E-state index contributed by atoms with van der Waals surface area (Å²) in [6.07, 6.45) is 12.7. The Morgan fingerprint density at radius 1 is 1.17 bits per heavy atom. The van der Waals surface area contributed by atoms with Gasteiger partial charge in [-0.1, -0.05) is 12.8 Å². The first-order chi connectivity index (χ1) is 11.7. The fourth-order valence-electron chi connectivity index (χ4n) is 5.28. The molecule has 3 aliphatic rings. The summed E-state index contributed by atoms with van der Waals surface area (Å²) in [5, 5.41) is 3.61. The zero-order valence-corrected chi connectivity index (χ0v) is 15.0. The van der Waals surface area contributed by atoms with Gasteiger partial charge in [0.05, 0.1) is 5.69 Å². The summed E-state index contributed by atoms with van der Waals surface area (Å²) in [4.78, 5) is 11.8. The first-order valence-electron chi connectivity index (χ1n) is 9.79. The minimum atomic E-state index is 0.298. The molecular formula is C19H31N5. The maximum atomic E-state index is 6.08. The van der Waals surface area contributed by atoms with Gasteiger partial charge in [-0.25, -0.2) is 4.98 Å². The van der Waals surface area contributed by atoms with Crippen molar-refractivity contribution >= 4 is 11.8 Å². The predicted molar refractivity (Wildman–Crippen MR) is 98.3 cm³/mol. The Kier molecular flexibility index (Phi) is 4.37. The van der Waals surface area contributed by atoms with Crippen LogP contribution in [0.4, 0.5) is 11.8 Å². The van der Waals surface area contributed by atoms with Crippen LogP contribution in [0.15, 0.2) is 0 Å². The number of nitrogen functional groups attached to an aromatic ring is 1. The van der Waals surface area contributed by atoms with Crippen molar-refractivity contribution in [3.05, 3.63) is 11.3 Å². The molecule has 0 aromatic carbocycles. The number of fused-ring (bicyclic) bond motifs is 2. The van der Waals surface area contributed by atoms with E-state index in [4.69, 9.17) is 10.7 Å². The Balaban J connectivity index is 1.52. The van der Waals surface area contributed by atoms with Crippen LogP contribution in [0.3, 0.4) is 0 Å². The summed E-state index contributed by atoms with van der Waals surface area (Å²) in [6.45, 7) is 2.22. The van der Waals surface area contributed by atoms with E-state index in [9.17, 15) is 0 Å². The van der Waals surface area contributed by atoms with E-state index in [0.29, 0.717) is 17.4 Å². The molecule has 3 N–H and O–H groups in total. The maximum absolute atomic E-state index is 6.08. The van der Waals surface area contributed by atoms with Gasteiger partial charge < -0.3 is 16.0 Å². The fourth-order valence-corrected chi connectivity index (χ4v) is 5.28. The highest BCUT2D eigenvalue weighted by Crippen LogP contribution is 2.49. The molecule has 2 heterocycles. The van der Waals surface area contributed by atoms with Gasteiger partial charge in [0, 0.05) is 23.6 Å². The van der Waals surface area contributed by atoms with Gasteiger partial charge in [-0.2, -0.15) is 4.98 Å². The van der Waals surface area contributed by atoms with Crippen LogP contribution in [0.5, 0.6) is 0 Å². The molecule has 2 aliphatic carbocycles. The Labute approximate surface area is 145 Å². The van der Waals surface area contributed by atoms with Crippen LogP contribution in [0.25, 0.3) is 0 Å².